The van der Waals surface area contributed by atoms with Crippen molar-refractivity contribution in [3.63, 3.8) is 0 Å². The molecule has 118 valence electrons. The highest BCUT2D eigenvalue weighted by molar-refractivity contribution is 7.99. The third-order valence-corrected chi connectivity index (χ3v) is 4.78. The van der Waals surface area contributed by atoms with Crippen molar-refractivity contribution < 1.29 is 9.53 Å². The molecular formula is C16H15N3O2S2. The van der Waals surface area contributed by atoms with E-state index >= 15 is 0 Å². The first-order chi connectivity index (χ1) is 11.2. The summed E-state index contributed by atoms with van der Waals surface area (Å²) < 4.78 is 6.46. The second-order valence-electron chi connectivity index (χ2n) is 4.59. The van der Waals surface area contributed by atoms with E-state index in [1.54, 1.807) is 6.20 Å². The highest BCUT2D eigenvalue weighted by Crippen LogP contribution is 2.29. The largest absolute Gasteiger partial charge is 0.494 e. The van der Waals surface area contributed by atoms with E-state index in [1.165, 1.54) is 23.1 Å². The summed E-state index contributed by atoms with van der Waals surface area (Å²) in [6, 6.07) is 11.3. The van der Waals surface area contributed by atoms with Crippen molar-refractivity contribution in [2.24, 2.45) is 0 Å². The van der Waals surface area contributed by atoms with Gasteiger partial charge in [0.05, 0.1) is 27.6 Å². The first-order valence-corrected chi connectivity index (χ1v) is 8.92. The molecule has 0 unspecified atom stereocenters. The van der Waals surface area contributed by atoms with Crippen LogP contribution in [0.25, 0.3) is 10.2 Å². The molecule has 1 N–H and O–H groups in total. The molecule has 0 radical (unpaired) electrons. The lowest BCUT2D eigenvalue weighted by Gasteiger charge is -2.00. The number of rotatable bonds is 6. The SMILES string of the molecule is CCOc1ccc2nc(NC(=O)CSc3ccccn3)sc2c1. The van der Waals surface area contributed by atoms with Crippen LogP contribution in [0.15, 0.2) is 47.6 Å². The predicted molar refractivity (Wildman–Crippen MR) is 94.4 cm³/mol. The van der Waals surface area contributed by atoms with Crippen molar-refractivity contribution in [1.29, 1.82) is 0 Å². The van der Waals surface area contributed by atoms with Gasteiger partial charge < -0.3 is 10.1 Å². The molecular weight excluding hydrogens is 330 g/mol. The number of carbonyl (C=O) groups is 1. The van der Waals surface area contributed by atoms with Crippen LogP contribution in [0, 0.1) is 0 Å². The van der Waals surface area contributed by atoms with Gasteiger partial charge in [-0.05, 0) is 37.3 Å². The molecule has 2 aromatic heterocycles. The number of aromatic nitrogens is 2. The summed E-state index contributed by atoms with van der Waals surface area (Å²) in [4.78, 5) is 20.6. The lowest BCUT2D eigenvalue weighted by molar-refractivity contribution is -0.113. The molecule has 23 heavy (non-hydrogen) atoms. The second-order valence-corrected chi connectivity index (χ2v) is 6.61. The second kappa shape index (κ2) is 7.43. The summed E-state index contributed by atoms with van der Waals surface area (Å²) in [5.74, 6) is 1.02. The van der Waals surface area contributed by atoms with Gasteiger partial charge in [0.1, 0.15) is 5.75 Å². The minimum absolute atomic E-state index is 0.0928. The van der Waals surface area contributed by atoms with E-state index in [1.807, 2.05) is 43.3 Å². The minimum Gasteiger partial charge on any atom is -0.494 e. The lowest BCUT2D eigenvalue weighted by Crippen LogP contribution is -2.13. The van der Waals surface area contributed by atoms with E-state index in [0.29, 0.717) is 17.5 Å². The number of amides is 1. The number of nitrogens with one attached hydrogen (secondary N) is 1. The van der Waals surface area contributed by atoms with Gasteiger partial charge in [-0.15, -0.1) is 0 Å². The van der Waals surface area contributed by atoms with Gasteiger partial charge in [-0.3, -0.25) is 4.79 Å². The molecule has 0 fully saturated rings. The number of ether oxygens (including phenoxy) is 1. The smallest absolute Gasteiger partial charge is 0.236 e. The molecule has 0 spiro atoms. The standard InChI is InChI=1S/C16H15N3O2S2/c1-2-21-11-6-7-12-13(9-11)23-16(18-12)19-14(20)10-22-15-5-3-4-8-17-15/h3-9H,2,10H2,1H3,(H,18,19,20). The van der Waals surface area contributed by atoms with Crippen molar-refractivity contribution in [1.82, 2.24) is 9.97 Å². The lowest BCUT2D eigenvalue weighted by atomic mass is 10.3. The van der Waals surface area contributed by atoms with Crippen LogP contribution in [-0.4, -0.2) is 28.2 Å². The van der Waals surface area contributed by atoms with Gasteiger partial charge in [0.25, 0.3) is 0 Å². The van der Waals surface area contributed by atoms with Crippen LogP contribution in [0.2, 0.25) is 0 Å². The topological polar surface area (TPSA) is 64.1 Å². The van der Waals surface area contributed by atoms with Gasteiger partial charge in [-0.1, -0.05) is 29.2 Å². The number of carbonyl (C=O) groups excluding carboxylic acids is 1. The van der Waals surface area contributed by atoms with Crippen molar-refractivity contribution in [2.75, 3.05) is 17.7 Å². The van der Waals surface area contributed by atoms with Crippen LogP contribution in [0.1, 0.15) is 6.92 Å². The molecule has 1 amide bonds. The fourth-order valence-electron chi connectivity index (χ4n) is 1.94. The van der Waals surface area contributed by atoms with Gasteiger partial charge in [0, 0.05) is 6.20 Å². The highest BCUT2D eigenvalue weighted by Gasteiger charge is 2.09. The molecule has 7 heteroatoms. The number of hydrogen-bond acceptors (Lipinski definition) is 6. The van der Waals surface area contributed by atoms with Gasteiger partial charge in [-0.25, -0.2) is 9.97 Å². The molecule has 3 aromatic rings. The van der Waals surface area contributed by atoms with Crippen LogP contribution in [-0.2, 0) is 4.79 Å². The van der Waals surface area contributed by atoms with E-state index in [0.717, 1.165) is 21.0 Å². The van der Waals surface area contributed by atoms with E-state index < -0.39 is 0 Å². The molecule has 3 rings (SSSR count). The Labute approximate surface area is 142 Å². The summed E-state index contributed by atoms with van der Waals surface area (Å²) in [5.41, 5.74) is 0.853. The number of thioether (sulfide) groups is 1. The molecule has 0 aliphatic heterocycles. The summed E-state index contributed by atoms with van der Waals surface area (Å²) in [5, 5.41) is 4.26. The average Bonchev–Trinajstić information content (AvgIpc) is 2.95. The van der Waals surface area contributed by atoms with E-state index in [2.05, 4.69) is 15.3 Å². The Hall–Kier alpha value is -2.12. The van der Waals surface area contributed by atoms with Crippen LogP contribution < -0.4 is 10.1 Å². The maximum absolute atomic E-state index is 12.0. The Kier molecular flexibility index (Phi) is 5.09. The van der Waals surface area contributed by atoms with Crippen molar-refractivity contribution in [3.8, 4) is 5.75 Å². The predicted octanol–water partition coefficient (Wildman–Crippen LogP) is 3.82. The Balaban J connectivity index is 1.63. The fraction of sp³-hybridized carbons (Fsp3) is 0.188. The first kappa shape index (κ1) is 15.8. The molecule has 0 saturated heterocycles. The first-order valence-electron chi connectivity index (χ1n) is 7.11. The Morgan fingerprint density at radius 2 is 2.26 bits per heavy atom. The van der Waals surface area contributed by atoms with E-state index in [4.69, 9.17) is 4.74 Å². The van der Waals surface area contributed by atoms with Gasteiger partial charge >= 0.3 is 0 Å². The Morgan fingerprint density at radius 3 is 3.04 bits per heavy atom. The normalized spacial score (nSPS) is 10.7. The number of fused-ring (bicyclic) bond motifs is 1. The Morgan fingerprint density at radius 1 is 1.35 bits per heavy atom. The summed E-state index contributed by atoms with van der Waals surface area (Å²) in [7, 11) is 0. The molecule has 2 heterocycles. The van der Waals surface area contributed by atoms with Crippen molar-refractivity contribution >= 4 is 44.4 Å². The molecule has 0 atom stereocenters. The average molecular weight is 345 g/mol. The molecule has 1 aromatic carbocycles. The number of nitrogens with zero attached hydrogens (tertiary/aromatic N) is 2. The number of anilines is 1. The maximum atomic E-state index is 12.0. The number of pyridine rings is 1. The maximum Gasteiger partial charge on any atom is 0.236 e. The zero-order chi connectivity index (χ0) is 16.1. The van der Waals surface area contributed by atoms with Crippen molar-refractivity contribution in [3.05, 3.63) is 42.6 Å². The van der Waals surface area contributed by atoms with Crippen LogP contribution in [0.5, 0.6) is 5.75 Å². The number of hydrogen-bond donors (Lipinski definition) is 1. The highest BCUT2D eigenvalue weighted by atomic mass is 32.2. The number of thiazole rings is 1. The van der Waals surface area contributed by atoms with Crippen LogP contribution in [0.4, 0.5) is 5.13 Å². The third-order valence-electron chi connectivity index (χ3n) is 2.91. The van der Waals surface area contributed by atoms with Crippen LogP contribution in [0.3, 0.4) is 0 Å². The van der Waals surface area contributed by atoms with Gasteiger partial charge in [0.15, 0.2) is 5.13 Å². The zero-order valence-corrected chi connectivity index (χ0v) is 14.1. The van der Waals surface area contributed by atoms with E-state index in [-0.39, 0.29) is 5.91 Å². The third kappa shape index (κ3) is 4.20. The van der Waals surface area contributed by atoms with Gasteiger partial charge in [0.2, 0.25) is 5.91 Å². The van der Waals surface area contributed by atoms with Gasteiger partial charge in [-0.2, -0.15) is 0 Å². The summed E-state index contributed by atoms with van der Waals surface area (Å²) >= 11 is 2.84. The fourth-order valence-corrected chi connectivity index (χ4v) is 3.51. The minimum atomic E-state index is -0.0928. The van der Waals surface area contributed by atoms with E-state index in [9.17, 15) is 4.79 Å². The summed E-state index contributed by atoms with van der Waals surface area (Å²) in [6.45, 7) is 2.57. The molecule has 0 aliphatic rings. The van der Waals surface area contributed by atoms with Crippen LogP contribution >= 0.6 is 23.1 Å². The monoisotopic (exact) mass is 345 g/mol. The molecule has 5 nitrogen and oxygen atoms in total. The molecule has 0 aliphatic carbocycles. The zero-order valence-electron chi connectivity index (χ0n) is 12.5. The Bertz CT molecular complexity index is 805. The summed E-state index contributed by atoms with van der Waals surface area (Å²) in [6.07, 6.45) is 1.71. The quantitative estimate of drug-likeness (QED) is 0.688. The molecule has 0 saturated carbocycles. The molecule has 0 bridgehead atoms. The van der Waals surface area contributed by atoms with Crippen molar-refractivity contribution in [2.45, 2.75) is 11.9 Å². The number of benzene rings is 1.